The number of hydrogen-bond donors (Lipinski definition) is 0. The van der Waals surface area contributed by atoms with Gasteiger partial charge in [0.25, 0.3) is 0 Å². The number of nitrogens with zero attached hydrogens (tertiary/aromatic N) is 1. The van der Waals surface area contributed by atoms with Crippen LogP contribution in [0.2, 0.25) is 0 Å². The Hall–Kier alpha value is 0.150. The second kappa shape index (κ2) is 2.89. The Balaban J connectivity index is 2.56. The van der Waals surface area contributed by atoms with E-state index < -0.39 is 3.68 Å². The highest BCUT2D eigenvalue weighted by Crippen LogP contribution is 2.54. The van der Waals surface area contributed by atoms with Gasteiger partial charge in [0.05, 0.1) is 12.0 Å². The predicted molar refractivity (Wildman–Crippen MR) is 49.9 cm³/mol. The average Bonchev–Trinajstić information content (AvgIpc) is 2.65. The van der Waals surface area contributed by atoms with E-state index in [4.69, 9.17) is 5.26 Å². The fourth-order valence-electron chi connectivity index (χ4n) is 1.19. The minimum Gasteiger partial charge on any atom is -0.232 e. The molecule has 0 aliphatic heterocycles. The van der Waals surface area contributed by atoms with Crippen molar-refractivity contribution in [3.63, 3.8) is 0 Å². The van der Waals surface area contributed by atoms with Crippen LogP contribution in [0.15, 0.2) is 0 Å². The van der Waals surface area contributed by atoms with Gasteiger partial charge < -0.3 is 0 Å². The van der Waals surface area contributed by atoms with E-state index in [1.54, 1.807) is 0 Å². The molecule has 3 atom stereocenters. The molecular formula is C8H11FIN. The van der Waals surface area contributed by atoms with Gasteiger partial charge in [-0.25, -0.2) is 4.39 Å². The lowest BCUT2D eigenvalue weighted by Gasteiger charge is -2.21. The fraction of sp³-hybridized carbons (Fsp3) is 0.875. The van der Waals surface area contributed by atoms with Crippen molar-refractivity contribution in [2.75, 3.05) is 0 Å². The molecule has 0 radical (unpaired) electrons. The molecule has 1 aliphatic carbocycles. The number of hydrogen-bond acceptors (Lipinski definition) is 1. The van der Waals surface area contributed by atoms with E-state index >= 15 is 0 Å². The molecule has 1 saturated carbocycles. The molecule has 0 amide bonds. The van der Waals surface area contributed by atoms with E-state index in [0.29, 0.717) is 0 Å². The third kappa shape index (κ3) is 1.66. The lowest BCUT2D eigenvalue weighted by molar-refractivity contribution is 0.199. The molecule has 1 fully saturated rings. The summed E-state index contributed by atoms with van der Waals surface area (Å²) in [6, 6.07) is 2.11. The maximum absolute atomic E-state index is 13.7. The highest BCUT2D eigenvalue weighted by atomic mass is 127. The summed E-state index contributed by atoms with van der Waals surface area (Å²) in [5.74, 6) is -0.0427. The van der Waals surface area contributed by atoms with Crippen LogP contribution in [0.3, 0.4) is 0 Å². The van der Waals surface area contributed by atoms with Gasteiger partial charge in [-0.15, -0.1) is 0 Å². The molecule has 62 valence electrons. The lowest BCUT2D eigenvalue weighted by Crippen LogP contribution is -2.24. The predicted octanol–water partition coefficient (Wildman–Crippen LogP) is 2.90. The molecule has 1 nitrogen and oxygen atoms in total. The van der Waals surface area contributed by atoms with E-state index in [0.717, 1.165) is 6.42 Å². The van der Waals surface area contributed by atoms with Crippen molar-refractivity contribution in [3.8, 4) is 6.07 Å². The van der Waals surface area contributed by atoms with Crippen LogP contribution in [0.1, 0.15) is 20.3 Å². The number of alkyl halides is 2. The molecule has 0 N–H and O–H groups in total. The summed E-state index contributed by atoms with van der Waals surface area (Å²) in [4.78, 5) is 0. The van der Waals surface area contributed by atoms with Gasteiger partial charge in [0.1, 0.15) is 0 Å². The first kappa shape index (κ1) is 9.24. The Morgan fingerprint density at radius 3 is 2.55 bits per heavy atom. The minimum atomic E-state index is -1.17. The number of nitriles is 1. The zero-order valence-electron chi connectivity index (χ0n) is 6.64. The van der Waals surface area contributed by atoms with Crippen molar-refractivity contribution in [1.82, 2.24) is 0 Å². The zero-order valence-corrected chi connectivity index (χ0v) is 8.80. The molecule has 1 aliphatic rings. The quantitative estimate of drug-likeness (QED) is 0.557. The van der Waals surface area contributed by atoms with E-state index in [-0.39, 0.29) is 17.8 Å². The Morgan fingerprint density at radius 2 is 2.27 bits per heavy atom. The van der Waals surface area contributed by atoms with Crippen molar-refractivity contribution in [1.29, 1.82) is 5.26 Å². The standard InChI is InChI=1S/C8H11FIN/c1-5(2)8(9,10)7-3-6(7)4-11/h5-7H,3H2,1-2H3/t6-,7?,8?/m1/s1. The van der Waals surface area contributed by atoms with Gasteiger partial charge in [-0.2, -0.15) is 5.26 Å². The number of rotatable bonds is 2. The van der Waals surface area contributed by atoms with Gasteiger partial charge in [-0.3, -0.25) is 0 Å². The van der Waals surface area contributed by atoms with Crippen LogP contribution >= 0.6 is 22.6 Å². The van der Waals surface area contributed by atoms with Crippen LogP contribution in [0.25, 0.3) is 0 Å². The maximum atomic E-state index is 13.7. The molecule has 1 rings (SSSR count). The van der Waals surface area contributed by atoms with E-state index in [2.05, 4.69) is 6.07 Å². The Bertz CT molecular complexity index is 195. The molecule has 0 spiro atoms. The molecule has 0 aromatic carbocycles. The molecule has 2 unspecified atom stereocenters. The van der Waals surface area contributed by atoms with Gasteiger partial charge in [0, 0.05) is 5.92 Å². The third-order valence-electron chi connectivity index (χ3n) is 2.22. The zero-order chi connectivity index (χ0) is 8.65. The fourth-order valence-corrected chi connectivity index (χ4v) is 1.88. The van der Waals surface area contributed by atoms with Crippen molar-refractivity contribution in [3.05, 3.63) is 0 Å². The van der Waals surface area contributed by atoms with Crippen LogP contribution in [-0.2, 0) is 0 Å². The second-order valence-electron chi connectivity index (χ2n) is 3.41. The first-order valence-corrected chi connectivity index (χ1v) is 4.85. The highest BCUT2D eigenvalue weighted by Gasteiger charge is 2.54. The molecule has 0 heterocycles. The Labute approximate surface area is 80.1 Å². The molecular weight excluding hydrogens is 256 g/mol. The summed E-state index contributed by atoms with van der Waals surface area (Å²) in [7, 11) is 0. The summed E-state index contributed by atoms with van der Waals surface area (Å²) in [5, 5.41) is 8.50. The molecule has 0 bridgehead atoms. The van der Waals surface area contributed by atoms with Gasteiger partial charge in [0.15, 0.2) is 3.68 Å². The molecule has 0 saturated heterocycles. The maximum Gasteiger partial charge on any atom is 0.167 e. The third-order valence-corrected chi connectivity index (χ3v) is 4.27. The smallest absolute Gasteiger partial charge is 0.167 e. The Kier molecular flexibility index (Phi) is 2.43. The van der Waals surface area contributed by atoms with E-state index in [1.165, 1.54) is 0 Å². The highest BCUT2D eigenvalue weighted by molar-refractivity contribution is 14.1. The van der Waals surface area contributed by atoms with Gasteiger partial charge >= 0.3 is 0 Å². The first-order chi connectivity index (χ1) is 5.00. The van der Waals surface area contributed by atoms with Crippen molar-refractivity contribution >= 4 is 22.6 Å². The van der Waals surface area contributed by atoms with Crippen LogP contribution in [0, 0.1) is 29.1 Å². The van der Waals surface area contributed by atoms with Crippen LogP contribution < -0.4 is 0 Å². The number of halogens is 2. The van der Waals surface area contributed by atoms with Crippen LogP contribution in [0.4, 0.5) is 4.39 Å². The monoisotopic (exact) mass is 267 g/mol. The van der Waals surface area contributed by atoms with Crippen molar-refractivity contribution in [2.45, 2.75) is 23.9 Å². The van der Waals surface area contributed by atoms with Gasteiger partial charge in [-0.05, 0) is 34.9 Å². The average molecular weight is 267 g/mol. The Morgan fingerprint density at radius 1 is 1.73 bits per heavy atom. The first-order valence-electron chi connectivity index (χ1n) is 3.77. The summed E-state index contributed by atoms with van der Waals surface area (Å²) in [5.41, 5.74) is 0. The molecule has 0 aromatic heterocycles. The molecule has 0 aromatic rings. The summed E-state index contributed by atoms with van der Waals surface area (Å²) < 4.78 is 12.5. The van der Waals surface area contributed by atoms with Gasteiger partial charge in [-0.1, -0.05) is 13.8 Å². The second-order valence-corrected chi connectivity index (χ2v) is 5.06. The van der Waals surface area contributed by atoms with E-state index in [1.807, 2.05) is 36.4 Å². The largest absolute Gasteiger partial charge is 0.232 e. The summed E-state index contributed by atoms with van der Waals surface area (Å²) in [6.07, 6.45) is 0.744. The molecule has 11 heavy (non-hydrogen) atoms. The summed E-state index contributed by atoms with van der Waals surface area (Å²) in [6.45, 7) is 3.72. The minimum absolute atomic E-state index is 0.00597. The normalized spacial score (nSPS) is 34.5. The van der Waals surface area contributed by atoms with E-state index in [9.17, 15) is 4.39 Å². The van der Waals surface area contributed by atoms with Crippen LogP contribution in [0.5, 0.6) is 0 Å². The van der Waals surface area contributed by atoms with Crippen molar-refractivity contribution < 1.29 is 4.39 Å². The SMILES string of the molecule is CC(C)C(F)(I)C1C[C@@H]1C#N. The van der Waals surface area contributed by atoms with Gasteiger partial charge in [0.2, 0.25) is 0 Å². The lowest BCUT2D eigenvalue weighted by atomic mass is 10.0. The summed E-state index contributed by atoms with van der Waals surface area (Å²) >= 11 is 1.84. The van der Waals surface area contributed by atoms with Crippen LogP contribution in [-0.4, -0.2) is 3.68 Å². The van der Waals surface area contributed by atoms with Crippen molar-refractivity contribution in [2.24, 2.45) is 17.8 Å². The molecule has 3 heteroatoms. The topological polar surface area (TPSA) is 23.8 Å².